The molecule has 0 bridgehead atoms. The average molecular weight is 213 g/mol. The number of carboxylic acids is 1. The van der Waals surface area contributed by atoms with Gasteiger partial charge in [-0.05, 0) is 12.1 Å². The van der Waals surface area contributed by atoms with Gasteiger partial charge in [-0.2, -0.15) is 0 Å². The fourth-order valence-electron chi connectivity index (χ4n) is 0.974. The first-order valence-corrected chi connectivity index (χ1v) is 4.27. The van der Waals surface area contributed by atoms with Gasteiger partial charge in [-0.25, -0.2) is 9.18 Å². The maximum Gasteiger partial charge on any atom is 0.339 e. The highest BCUT2D eigenvalue weighted by atomic mass is 35.5. The molecule has 0 aliphatic carbocycles. The molecule has 0 saturated heterocycles. The van der Waals surface area contributed by atoms with Crippen LogP contribution in [0, 0.1) is 17.7 Å². The second kappa shape index (κ2) is 4.64. The van der Waals surface area contributed by atoms with E-state index >= 15 is 0 Å². The van der Waals surface area contributed by atoms with E-state index in [2.05, 4.69) is 11.8 Å². The first-order chi connectivity index (χ1) is 6.66. The zero-order chi connectivity index (χ0) is 10.6. The van der Waals surface area contributed by atoms with E-state index in [1.165, 1.54) is 12.1 Å². The molecule has 0 unspecified atom stereocenters. The number of halogens is 2. The third kappa shape index (κ3) is 2.24. The van der Waals surface area contributed by atoms with Gasteiger partial charge in [0.15, 0.2) is 0 Å². The Bertz CT molecular complexity index is 418. The minimum absolute atomic E-state index is 0.0789. The summed E-state index contributed by atoms with van der Waals surface area (Å²) in [5.41, 5.74) is -0.275. The van der Waals surface area contributed by atoms with Crippen LogP contribution in [0.1, 0.15) is 15.9 Å². The molecule has 0 radical (unpaired) electrons. The van der Waals surface area contributed by atoms with Crippen LogP contribution >= 0.6 is 11.6 Å². The van der Waals surface area contributed by atoms with Crippen molar-refractivity contribution in [1.29, 1.82) is 0 Å². The molecule has 1 aromatic rings. The van der Waals surface area contributed by atoms with Gasteiger partial charge in [0, 0.05) is 5.56 Å². The summed E-state index contributed by atoms with van der Waals surface area (Å²) in [5.74, 6) is 2.91. The number of carboxylic acid groups (broad SMARTS) is 1. The molecule has 0 fully saturated rings. The molecule has 14 heavy (non-hydrogen) atoms. The van der Waals surface area contributed by atoms with Crippen molar-refractivity contribution < 1.29 is 14.3 Å². The smallest absolute Gasteiger partial charge is 0.339 e. The van der Waals surface area contributed by atoms with Gasteiger partial charge in [0.1, 0.15) is 11.4 Å². The molecule has 1 aromatic carbocycles. The van der Waals surface area contributed by atoms with Crippen LogP contribution < -0.4 is 0 Å². The van der Waals surface area contributed by atoms with Crippen LogP contribution in [0.5, 0.6) is 0 Å². The van der Waals surface area contributed by atoms with E-state index < -0.39 is 17.3 Å². The molecule has 0 spiro atoms. The Balaban J connectivity index is 3.28. The van der Waals surface area contributed by atoms with Crippen molar-refractivity contribution in [3.8, 4) is 11.8 Å². The quantitative estimate of drug-likeness (QED) is 0.572. The van der Waals surface area contributed by atoms with Gasteiger partial charge in [0.25, 0.3) is 0 Å². The van der Waals surface area contributed by atoms with Gasteiger partial charge < -0.3 is 5.11 Å². The molecule has 0 saturated carbocycles. The lowest BCUT2D eigenvalue weighted by Gasteiger charge is -1.99. The van der Waals surface area contributed by atoms with Crippen molar-refractivity contribution in [2.24, 2.45) is 0 Å². The Morgan fingerprint density at radius 3 is 2.86 bits per heavy atom. The molecule has 4 heteroatoms. The van der Waals surface area contributed by atoms with Gasteiger partial charge in [-0.3, -0.25) is 0 Å². The van der Waals surface area contributed by atoms with Crippen molar-refractivity contribution in [1.82, 2.24) is 0 Å². The summed E-state index contributed by atoms with van der Waals surface area (Å²) in [5, 5.41) is 8.71. The molecule has 72 valence electrons. The lowest BCUT2D eigenvalue weighted by atomic mass is 10.1. The maximum absolute atomic E-state index is 13.0. The van der Waals surface area contributed by atoms with Gasteiger partial charge in [0.05, 0.1) is 5.88 Å². The molecule has 0 atom stereocenters. The Morgan fingerprint density at radius 1 is 1.57 bits per heavy atom. The number of hydrogen-bond donors (Lipinski definition) is 1. The zero-order valence-corrected chi connectivity index (χ0v) is 7.81. The van der Waals surface area contributed by atoms with Crippen molar-refractivity contribution in [3.63, 3.8) is 0 Å². The Morgan fingerprint density at radius 2 is 2.29 bits per heavy atom. The van der Waals surface area contributed by atoms with Crippen molar-refractivity contribution in [3.05, 3.63) is 35.1 Å². The van der Waals surface area contributed by atoms with Crippen LogP contribution in [-0.4, -0.2) is 17.0 Å². The molecule has 0 heterocycles. The lowest BCUT2D eigenvalue weighted by Crippen LogP contribution is -2.03. The number of aromatic carboxylic acids is 1. The fraction of sp³-hybridized carbons (Fsp3) is 0.100. The predicted octanol–water partition coefficient (Wildman–Crippen LogP) is 2.11. The first-order valence-electron chi connectivity index (χ1n) is 3.73. The maximum atomic E-state index is 13.0. The Kier molecular flexibility index (Phi) is 3.49. The van der Waals surface area contributed by atoms with E-state index in [1.54, 1.807) is 0 Å². The summed E-state index contributed by atoms with van der Waals surface area (Å²) in [4.78, 5) is 10.7. The van der Waals surface area contributed by atoms with E-state index in [1.807, 2.05) is 0 Å². The number of rotatable bonds is 1. The van der Waals surface area contributed by atoms with Crippen LogP contribution in [0.25, 0.3) is 0 Å². The summed E-state index contributed by atoms with van der Waals surface area (Å²) < 4.78 is 13.0. The molecule has 2 nitrogen and oxygen atoms in total. The second-order valence-corrected chi connectivity index (χ2v) is 2.67. The Hall–Kier alpha value is -1.53. The standard InChI is InChI=1S/C10H6ClFO2/c11-6-2-4-7-3-1-5-8(12)9(7)10(13)14/h1,3,5H,6H2,(H,13,14). The minimum atomic E-state index is -1.33. The van der Waals surface area contributed by atoms with Crippen LogP contribution in [-0.2, 0) is 0 Å². The largest absolute Gasteiger partial charge is 0.478 e. The molecule has 1 N–H and O–H groups in total. The normalized spacial score (nSPS) is 9.00. The molecular weight excluding hydrogens is 207 g/mol. The topological polar surface area (TPSA) is 37.3 Å². The molecule has 1 rings (SSSR count). The summed E-state index contributed by atoms with van der Waals surface area (Å²) in [6.07, 6.45) is 0. The molecule has 0 aliphatic heterocycles. The highest BCUT2D eigenvalue weighted by Crippen LogP contribution is 2.12. The average Bonchev–Trinajstić information content (AvgIpc) is 2.14. The van der Waals surface area contributed by atoms with Crippen LogP contribution in [0.2, 0.25) is 0 Å². The molecular formula is C10H6ClFO2. The lowest BCUT2D eigenvalue weighted by molar-refractivity contribution is 0.0691. The fourth-order valence-corrected chi connectivity index (χ4v) is 1.04. The van der Waals surface area contributed by atoms with Crippen LogP contribution in [0.15, 0.2) is 18.2 Å². The van der Waals surface area contributed by atoms with Gasteiger partial charge in [-0.1, -0.05) is 17.9 Å². The first kappa shape index (κ1) is 10.6. The highest BCUT2D eigenvalue weighted by Gasteiger charge is 2.13. The van der Waals surface area contributed by atoms with Crippen molar-refractivity contribution in [2.45, 2.75) is 0 Å². The molecule has 0 aromatic heterocycles. The summed E-state index contributed by atoms with van der Waals surface area (Å²) in [6.45, 7) is 0. The summed E-state index contributed by atoms with van der Waals surface area (Å²) in [6, 6.07) is 3.92. The zero-order valence-electron chi connectivity index (χ0n) is 7.05. The number of benzene rings is 1. The van der Waals surface area contributed by atoms with Gasteiger partial charge in [-0.15, -0.1) is 11.6 Å². The van der Waals surface area contributed by atoms with Crippen LogP contribution in [0.4, 0.5) is 4.39 Å². The third-order valence-corrected chi connectivity index (χ3v) is 1.65. The minimum Gasteiger partial charge on any atom is -0.478 e. The highest BCUT2D eigenvalue weighted by molar-refractivity contribution is 6.19. The number of alkyl halides is 1. The monoisotopic (exact) mass is 212 g/mol. The third-order valence-electron chi connectivity index (χ3n) is 1.52. The van der Waals surface area contributed by atoms with E-state index in [0.717, 1.165) is 6.07 Å². The molecule has 0 amide bonds. The van der Waals surface area contributed by atoms with E-state index in [9.17, 15) is 9.18 Å². The van der Waals surface area contributed by atoms with Gasteiger partial charge in [0.2, 0.25) is 0 Å². The van der Waals surface area contributed by atoms with E-state index in [-0.39, 0.29) is 11.4 Å². The van der Waals surface area contributed by atoms with Gasteiger partial charge >= 0.3 is 5.97 Å². The van der Waals surface area contributed by atoms with Crippen molar-refractivity contribution >= 4 is 17.6 Å². The van der Waals surface area contributed by atoms with E-state index in [0.29, 0.717) is 0 Å². The van der Waals surface area contributed by atoms with E-state index in [4.69, 9.17) is 16.7 Å². The second-order valence-electron chi connectivity index (χ2n) is 2.40. The number of hydrogen-bond acceptors (Lipinski definition) is 1. The SMILES string of the molecule is O=C(O)c1c(F)cccc1C#CCCl. The van der Waals surface area contributed by atoms with Crippen molar-refractivity contribution in [2.75, 3.05) is 5.88 Å². The summed E-state index contributed by atoms with van der Waals surface area (Å²) >= 11 is 5.31. The predicted molar refractivity (Wildman–Crippen MR) is 51.0 cm³/mol. The molecule has 0 aliphatic rings. The summed E-state index contributed by atoms with van der Waals surface area (Å²) in [7, 11) is 0. The Labute approximate surface area is 85.3 Å². The van der Waals surface area contributed by atoms with Crippen LogP contribution in [0.3, 0.4) is 0 Å². The number of carbonyl (C=O) groups is 1.